The van der Waals surface area contributed by atoms with Gasteiger partial charge in [0.2, 0.25) is 5.78 Å². The minimum Gasteiger partial charge on any atom is -0.494 e. The molecule has 2 nitrogen and oxygen atoms in total. The maximum absolute atomic E-state index is 13.5. The topological polar surface area (TPSA) is 26.3 Å². The highest BCUT2D eigenvalue weighted by atomic mass is 32.1. The van der Waals surface area contributed by atoms with E-state index in [0.29, 0.717) is 10.4 Å². The Morgan fingerprint density at radius 2 is 2.12 bits per heavy atom. The van der Waals surface area contributed by atoms with Gasteiger partial charge in [0.1, 0.15) is 0 Å². The Labute approximate surface area is 103 Å². The SMILES string of the molecule is COc1ccc(C(=O)c2sccc2C)cc1F. The van der Waals surface area contributed by atoms with Gasteiger partial charge in [0.15, 0.2) is 11.6 Å². The van der Waals surface area contributed by atoms with Crippen molar-refractivity contribution < 1.29 is 13.9 Å². The lowest BCUT2D eigenvalue weighted by Crippen LogP contribution is -2.01. The van der Waals surface area contributed by atoms with Crippen molar-refractivity contribution in [3.8, 4) is 5.75 Å². The summed E-state index contributed by atoms with van der Waals surface area (Å²) in [7, 11) is 1.39. The molecule has 0 bridgehead atoms. The zero-order chi connectivity index (χ0) is 12.4. The van der Waals surface area contributed by atoms with Gasteiger partial charge in [-0.05, 0) is 42.1 Å². The first kappa shape index (κ1) is 11.8. The van der Waals surface area contributed by atoms with E-state index in [1.807, 2.05) is 18.4 Å². The Balaban J connectivity index is 2.39. The smallest absolute Gasteiger partial charge is 0.203 e. The molecule has 0 aliphatic carbocycles. The number of aryl methyl sites for hydroxylation is 1. The number of hydrogen-bond acceptors (Lipinski definition) is 3. The van der Waals surface area contributed by atoms with Gasteiger partial charge in [-0.15, -0.1) is 11.3 Å². The van der Waals surface area contributed by atoms with Gasteiger partial charge in [0, 0.05) is 5.56 Å². The second kappa shape index (κ2) is 4.67. The molecule has 0 radical (unpaired) electrons. The van der Waals surface area contributed by atoms with Crippen molar-refractivity contribution in [1.29, 1.82) is 0 Å². The zero-order valence-electron chi connectivity index (χ0n) is 9.49. The summed E-state index contributed by atoms with van der Waals surface area (Å²) in [4.78, 5) is 12.7. The molecule has 0 spiro atoms. The molecular weight excluding hydrogens is 239 g/mol. The third-order valence-electron chi connectivity index (χ3n) is 2.48. The van der Waals surface area contributed by atoms with E-state index in [0.717, 1.165) is 5.56 Å². The second-order valence-corrected chi connectivity index (χ2v) is 4.53. The summed E-state index contributed by atoms with van der Waals surface area (Å²) >= 11 is 1.37. The number of carbonyl (C=O) groups excluding carboxylic acids is 1. The molecule has 0 saturated heterocycles. The number of ketones is 1. The van der Waals surface area contributed by atoms with Gasteiger partial charge in [-0.3, -0.25) is 4.79 Å². The summed E-state index contributed by atoms with van der Waals surface area (Å²) in [6.07, 6.45) is 0. The van der Waals surface area contributed by atoms with E-state index in [-0.39, 0.29) is 11.5 Å². The maximum atomic E-state index is 13.5. The summed E-state index contributed by atoms with van der Waals surface area (Å²) in [5.41, 5.74) is 1.25. The molecular formula is C13H11FO2S. The van der Waals surface area contributed by atoms with E-state index in [1.54, 1.807) is 6.07 Å². The van der Waals surface area contributed by atoms with Gasteiger partial charge in [0.25, 0.3) is 0 Å². The van der Waals surface area contributed by atoms with Crippen LogP contribution in [0.2, 0.25) is 0 Å². The second-order valence-electron chi connectivity index (χ2n) is 3.61. The van der Waals surface area contributed by atoms with Gasteiger partial charge < -0.3 is 4.74 Å². The highest BCUT2D eigenvalue weighted by molar-refractivity contribution is 7.12. The predicted molar refractivity (Wildman–Crippen MR) is 65.4 cm³/mol. The molecule has 1 heterocycles. The normalized spacial score (nSPS) is 10.3. The summed E-state index contributed by atoms with van der Waals surface area (Å²) in [6, 6.07) is 6.12. The fourth-order valence-electron chi connectivity index (χ4n) is 1.54. The van der Waals surface area contributed by atoms with Crippen LogP contribution < -0.4 is 4.74 Å². The first-order chi connectivity index (χ1) is 8.13. The lowest BCUT2D eigenvalue weighted by Gasteiger charge is -2.04. The van der Waals surface area contributed by atoms with Gasteiger partial charge in [-0.2, -0.15) is 0 Å². The monoisotopic (exact) mass is 250 g/mol. The van der Waals surface area contributed by atoms with Crippen molar-refractivity contribution in [2.75, 3.05) is 7.11 Å². The number of thiophene rings is 1. The minimum atomic E-state index is -0.521. The predicted octanol–water partition coefficient (Wildman–Crippen LogP) is 3.44. The molecule has 4 heteroatoms. The molecule has 2 rings (SSSR count). The Hall–Kier alpha value is -1.68. The number of halogens is 1. The van der Waals surface area contributed by atoms with E-state index in [2.05, 4.69) is 0 Å². The average Bonchev–Trinajstić information content (AvgIpc) is 2.74. The number of hydrogen-bond donors (Lipinski definition) is 0. The van der Waals surface area contributed by atoms with E-state index in [4.69, 9.17) is 4.74 Å². The molecule has 0 unspecified atom stereocenters. The number of carbonyl (C=O) groups is 1. The Bertz CT molecular complexity index is 560. The standard InChI is InChI=1S/C13H11FO2S/c1-8-5-6-17-13(8)12(15)9-3-4-11(16-2)10(14)7-9/h3-7H,1-2H3. The highest BCUT2D eigenvalue weighted by Crippen LogP contribution is 2.23. The van der Waals surface area contributed by atoms with Gasteiger partial charge in [-0.1, -0.05) is 0 Å². The summed E-state index contributed by atoms with van der Waals surface area (Å²) in [5.74, 6) is -0.531. The van der Waals surface area contributed by atoms with Crippen molar-refractivity contribution in [3.63, 3.8) is 0 Å². The maximum Gasteiger partial charge on any atom is 0.203 e. The molecule has 2 aromatic rings. The summed E-state index contributed by atoms with van der Waals surface area (Å²) < 4.78 is 18.3. The first-order valence-electron chi connectivity index (χ1n) is 5.06. The fraction of sp³-hybridized carbons (Fsp3) is 0.154. The van der Waals surface area contributed by atoms with E-state index < -0.39 is 5.82 Å². The van der Waals surface area contributed by atoms with Crippen LogP contribution in [0.3, 0.4) is 0 Å². The van der Waals surface area contributed by atoms with Crippen LogP contribution in [0.25, 0.3) is 0 Å². The number of ether oxygens (including phenoxy) is 1. The number of benzene rings is 1. The van der Waals surface area contributed by atoms with Crippen LogP contribution in [0, 0.1) is 12.7 Å². The highest BCUT2D eigenvalue weighted by Gasteiger charge is 2.15. The van der Waals surface area contributed by atoms with Crippen LogP contribution >= 0.6 is 11.3 Å². The van der Waals surface area contributed by atoms with Crippen LogP contribution in [-0.2, 0) is 0 Å². The Kier molecular flexibility index (Phi) is 3.24. The van der Waals surface area contributed by atoms with Crippen LogP contribution in [0.1, 0.15) is 20.8 Å². The van der Waals surface area contributed by atoms with E-state index in [9.17, 15) is 9.18 Å². The van der Waals surface area contributed by atoms with Crippen molar-refractivity contribution in [2.45, 2.75) is 6.92 Å². The molecule has 0 amide bonds. The summed E-state index contributed by atoms with van der Waals surface area (Å²) in [6.45, 7) is 1.86. The molecule has 88 valence electrons. The lowest BCUT2D eigenvalue weighted by molar-refractivity contribution is 0.104. The van der Waals surface area contributed by atoms with Crippen molar-refractivity contribution in [1.82, 2.24) is 0 Å². The number of rotatable bonds is 3. The fourth-order valence-corrected chi connectivity index (χ4v) is 2.43. The van der Waals surface area contributed by atoms with Crippen molar-refractivity contribution in [2.24, 2.45) is 0 Å². The zero-order valence-corrected chi connectivity index (χ0v) is 10.3. The largest absolute Gasteiger partial charge is 0.494 e. The first-order valence-corrected chi connectivity index (χ1v) is 5.94. The third-order valence-corrected chi connectivity index (χ3v) is 3.50. The lowest BCUT2D eigenvalue weighted by atomic mass is 10.1. The molecule has 0 aliphatic rings. The average molecular weight is 250 g/mol. The van der Waals surface area contributed by atoms with Crippen LogP contribution in [0.4, 0.5) is 4.39 Å². The molecule has 0 N–H and O–H groups in total. The third kappa shape index (κ3) is 2.22. The summed E-state index contributed by atoms with van der Waals surface area (Å²) in [5, 5.41) is 1.85. The Morgan fingerprint density at radius 1 is 1.35 bits per heavy atom. The van der Waals surface area contributed by atoms with Gasteiger partial charge >= 0.3 is 0 Å². The van der Waals surface area contributed by atoms with Crippen LogP contribution in [0.15, 0.2) is 29.6 Å². The number of methoxy groups -OCH3 is 1. The molecule has 17 heavy (non-hydrogen) atoms. The molecule has 0 aliphatic heterocycles. The Morgan fingerprint density at radius 3 is 2.65 bits per heavy atom. The quantitative estimate of drug-likeness (QED) is 0.780. The molecule has 0 saturated carbocycles. The van der Waals surface area contributed by atoms with Crippen LogP contribution in [0.5, 0.6) is 5.75 Å². The van der Waals surface area contributed by atoms with Gasteiger partial charge in [-0.25, -0.2) is 4.39 Å². The molecule has 0 fully saturated rings. The minimum absolute atomic E-state index is 0.143. The molecule has 1 aromatic heterocycles. The van der Waals surface area contributed by atoms with Crippen molar-refractivity contribution in [3.05, 3.63) is 51.5 Å². The van der Waals surface area contributed by atoms with E-state index in [1.165, 1.54) is 30.6 Å². The van der Waals surface area contributed by atoms with Crippen molar-refractivity contribution >= 4 is 17.1 Å². The molecule has 1 aromatic carbocycles. The van der Waals surface area contributed by atoms with Crippen LogP contribution in [-0.4, -0.2) is 12.9 Å². The van der Waals surface area contributed by atoms with E-state index >= 15 is 0 Å². The molecule has 0 atom stereocenters. The van der Waals surface area contributed by atoms with Gasteiger partial charge in [0.05, 0.1) is 12.0 Å².